The van der Waals surface area contributed by atoms with Crippen LogP contribution in [0.5, 0.6) is 0 Å². The van der Waals surface area contributed by atoms with Crippen LogP contribution in [0.1, 0.15) is 13.8 Å². The molecule has 2 amide bonds. The number of aromatic nitrogens is 2. The smallest absolute Gasteiger partial charge is 0.405 e. The van der Waals surface area contributed by atoms with Gasteiger partial charge in [0.25, 0.3) is 0 Å². The minimum atomic E-state index is -1.33. The average Bonchev–Trinajstić information content (AvgIpc) is 2.99. The number of pyridine rings is 1. The molecule has 1 saturated heterocycles. The molecule has 3 heterocycles. The van der Waals surface area contributed by atoms with Crippen molar-refractivity contribution in [3.8, 4) is 11.4 Å². The average molecular weight is 409 g/mol. The highest BCUT2D eigenvalue weighted by atomic mass is 32.1. The number of anilines is 2. The fourth-order valence-electron chi connectivity index (χ4n) is 2.93. The molecule has 0 bridgehead atoms. The molecule has 1 aliphatic rings. The monoisotopic (exact) mass is 409 g/mol. The number of nitrogens with one attached hydrogen (secondary N) is 2. The topological polar surface area (TPSA) is 117 Å². The maximum atomic E-state index is 14.4. The van der Waals surface area contributed by atoms with Gasteiger partial charge in [-0.05, 0) is 26.0 Å². The zero-order valence-electron chi connectivity index (χ0n) is 15.3. The van der Waals surface area contributed by atoms with Crippen molar-refractivity contribution in [2.24, 2.45) is 0 Å². The molecule has 2 aromatic rings. The normalized spacial score (nSPS) is 19.3. The largest absolute Gasteiger partial charge is 0.465 e. The highest BCUT2D eigenvalue weighted by Gasteiger charge is 2.24. The summed E-state index contributed by atoms with van der Waals surface area (Å²) >= 11 is 0.655. The Balaban J connectivity index is 1.76. The summed E-state index contributed by atoms with van der Waals surface area (Å²) in [6.45, 7) is 4.88. The van der Waals surface area contributed by atoms with Crippen LogP contribution in [0.4, 0.5) is 20.1 Å². The third kappa shape index (κ3) is 4.93. The summed E-state index contributed by atoms with van der Waals surface area (Å²) in [7, 11) is 0. The summed E-state index contributed by atoms with van der Waals surface area (Å²) in [6.07, 6.45) is -1.20. The molecule has 0 saturated carbocycles. The number of carboxylic acid groups (broad SMARTS) is 1. The molecule has 0 spiro atoms. The Labute approximate surface area is 164 Å². The van der Waals surface area contributed by atoms with Gasteiger partial charge in [-0.2, -0.15) is 4.39 Å². The molecule has 2 atom stereocenters. The molecule has 3 N–H and O–H groups in total. The summed E-state index contributed by atoms with van der Waals surface area (Å²) in [5.41, 5.74) is 0.380. The molecule has 0 aromatic carbocycles. The minimum absolute atomic E-state index is 0.0303. The Bertz CT molecular complexity index is 867. The Morgan fingerprint density at radius 3 is 2.71 bits per heavy atom. The number of rotatable bonds is 5. The van der Waals surface area contributed by atoms with E-state index in [1.165, 1.54) is 0 Å². The van der Waals surface area contributed by atoms with E-state index in [1.807, 2.05) is 25.2 Å². The molecule has 9 nitrogen and oxygen atoms in total. The van der Waals surface area contributed by atoms with Gasteiger partial charge < -0.3 is 25.4 Å². The van der Waals surface area contributed by atoms with Gasteiger partial charge in [0.15, 0.2) is 5.13 Å². The number of hydrogen-bond acceptors (Lipinski definition) is 7. The molecule has 1 fully saturated rings. The lowest BCUT2D eigenvalue weighted by atomic mass is 10.2. The first-order valence-corrected chi connectivity index (χ1v) is 9.44. The van der Waals surface area contributed by atoms with Crippen molar-refractivity contribution in [3.63, 3.8) is 0 Å². The summed E-state index contributed by atoms with van der Waals surface area (Å²) in [6, 6.07) is 5.27. The molecular weight excluding hydrogens is 389 g/mol. The summed E-state index contributed by atoms with van der Waals surface area (Å²) in [5, 5.41) is 12.2. The number of ether oxygens (including phenoxy) is 1. The zero-order valence-corrected chi connectivity index (χ0v) is 16.1. The molecule has 1 aliphatic heterocycles. The lowest BCUT2D eigenvalue weighted by molar-refractivity contribution is -0.115. The SMILES string of the molecule is C[C@@H]1CN(c2cccc(-c3nc(NC(=O)CNC(=O)O)sc3F)n2)C[C@H](C)O1. The number of carbonyl (C=O) groups excluding carboxylic acids is 1. The van der Waals surface area contributed by atoms with Gasteiger partial charge in [0, 0.05) is 13.1 Å². The van der Waals surface area contributed by atoms with E-state index in [9.17, 15) is 14.0 Å². The molecule has 2 aromatic heterocycles. The van der Waals surface area contributed by atoms with Gasteiger partial charge in [-0.3, -0.25) is 4.79 Å². The van der Waals surface area contributed by atoms with Crippen LogP contribution in [-0.4, -0.2) is 58.9 Å². The van der Waals surface area contributed by atoms with Gasteiger partial charge in [-0.15, -0.1) is 0 Å². The summed E-state index contributed by atoms with van der Waals surface area (Å²) in [4.78, 5) is 32.8. The van der Waals surface area contributed by atoms with Crippen LogP contribution in [0, 0.1) is 5.13 Å². The fourth-order valence-corrected chi connectivity index (χ4v) is 3.65. The second-order valence-corrected chi connectivity index (χ2v) is 7.34. The predicted molar refractivity (Wildman–Crippen MR) is 102 cm³/mol. The number of carbonyl (C=O) groups is 2. The van der Waals surface area contributed by atoms with Crippen molar-refractivity contribution in [1.82, 2.24) is 15.3 Å². The Kier molecular flexibility index (Phi) is 6.05. The van der Waals surface area contributed by atoms with E-state index >= 15 is 0 Å². The van der Waals surface area contributed by atoms with Crippen LogP contribution in [0.3, 0.4) is 0 Å². The van der Waals surface area contributed by atoms with Gasteiger partial charge in [0.1, 0.15) is 18.1 Å². The van der Waals surface area contributed by atoms with Crippen molar-refractivity contribution in [3.05, 3.63) is 23.3 Å². The first kappa shape index (κ1) is 20.0. The molecule has 3 rings (SSSR count). The molecule has 0 unspecified atom stereocenters. The van der Waals surface area contributed by atoms with Crippen LogP contribution < -0.4 is 15.5 Å². The third-order valence-corrected chi connectivity index (χ3v) is 4.71. The molecule has 0 radical (unpaired) electrons. The van der Waals surface area contributed by atoms with Crippen molar-refractivity contribution in [1.29, 1.82) is 0 Å². The Morgan fingerprint density at radius 1 is 1.32 bits per heavy atom. The Morgan fingerprint density at radius 2 is 2.04 bits per heavy atom. The zero-order chi connectivity index (χ0) is 20.3. The quantitative estimate of drug-likeness (QED) is 0.693. The first-order chi connectivity index (χ1) is 13.3. The van der Waals surface area contributed by atoms with E-state index in [0.29, 0.717) is 35.9 Å². The molecule has 11 heteroatoms. The number of amides is 2. The van der Waals surface area contributed by atoms with E-state index in [-0.39, 0.29) is 23.0 Å². The lowest BCUT2D eigenvalue weighted by Crippen LogP contribution is -2.45. The van der Waals surface area contributed by atoms with E-state index in [0.717, 1.165) is 0 Å². The van der Waals surface area contributed by atoms with Crippen LogP contribution in [0.2, 0.25) is 0 Å². The van der Waals surface area contributed by atoms with Crippen LogP contribution in [0.25, 0.3) is 11.4 Å². The van der Waals surface area contributed by atoms with Crippen molar-refractivity contribution in [2.45, 2.75) is 26.1 Å². The highest BCUT2D eigenvalue weighted by molar-refractivity contribution is 7.14. The fraction of sp³-hybridized carbons (Fsp3) is 0.412. The van der Waals surface area contributed by atoms with Crippen molar-refractivity contribution in [2.75, 3.05) is 29.9 Å². The van der Waals surface area contributed by atoms with Gasteiger partial charge in [0.2, 0.25) is 11.0 Å². The van der Waals surface area contributed by atoms with Gasteiger partial charge in [-0.1, -0.05) is 17.4 Å². The van der Waals surface area contributed by atoms with Gasteiger partial charge in [-0.25, -0.2) is 14.8 Å². The van der Waals surface area contributed by atoms with Crippen LogP contribution >= 0.6 is 11.3 Å². The van der Waals surface area contributed by atoms with Crippen molar-refractivity contribution < 1.29 is 23.8 Å². The second kappa shape index (κ2) is 8.48. The van der Waals surface area contributed by atoms with Gasteiger partial charge in [0.05, 0.1) is 17.9 Å². The van der Waals surface area contributed by atoms with E-state index < -0.39 is 23.7 Å². The van der Waals surface area contributed by atoms with Gasteiger partial charge >= 0.3 is 6.09 Å². The number of thiazole rings is 1. The van der Waals surface area contributed by atoms with Crippen molar-refractivity contribution >= 4 is 34.3 Å². The second-order valence-electron chi connectivity index (χ2n) is 6.39. The molecular formula is C17H20FN5O4S. The number of morpholine rings is 1. The lowest BCUT2D eigenvalue weighted by Gasteiger charge is -2.36. The van der Waals surface area contributed by atoms with Crippen LogP contribution in [-0.2, 0) is 9.53 Å². The van der Waals surface area contributed by atoms with E-state index in [2.05, 4.69) is 20.2 Å². The minimum Gasteiger partial charge on any atom is -0.465 e. The summed E-state index contributed by atoms with van der Waals surface area (Å²) < 4.78 is 20.1. The third-order valence-electron chi connectivity index (χ3n) is 3.95. The number of hydrogen-bond donors (Lipinski definition) is 3. The number of halogens is 1. The maximum Gasteiger partial charge on any atom is 0.405 e. The molecule has 0 aliphatic carbocycles. The molecule has 150 valence electrons. The van der Waals surface area contributed by atoms with Crippen LogP contribution in [0.15, 0.2) is 18.2 Å². The predicted octanol–water partition coefficient (Wildman–Crippen LogP) is 2.16. The van der Waals surface area contributed by atoms with E-state index in [4.69, 9.17) is 9.84 Å². The standard InChI is InChI=1S/C17H20FN5O4S/c1-9-7-23(8-10(2)27-9)12-5-3-4-11(20-12)14-15(18)28-16(22-14)21-13(24)6-19-17(25)26/h3-5,9-10,19H,6-8H2,1-2H3,(H,25,26)(H,21,22,24)/t9-,10+. The molecule has 28 heavy (non-hydrogen) atoms. The highest BCUT2D eigenvalue weighted by Crippen LogP contribution is 2.30. The first-order valence-electron chi connectivity index (χ1n) is 8.62. The summed E-state index contributed by atoms with van der Waals surface area (Å²) in [5.74, 6) is 0.0591. The van der Waals surface area contributed by atoms with E-state index in [1.54, 1.807) is 12.1 Å². The maximum absolute atomic E-state index is 14.4. The number of nitrogens with zero attached hydrogens (tertiary/aromatic N) is 3. The Hall–Kier alpha value is -2.79.